The first-order valence-corrected chi connectivity index (χ1v) is 18.6. The van der Waals surface area contributed by atoms with Gasteiger partial charge in [0.2, 0.25) is 5.91 Å². The van der Waals surface area contributed by atoms with E-state index in [9.17, 15) is 9.59 Å². The summed E-state index contributed by atoms with van der Waals surface area (Å²) < 4.78 is 5.64. The lowest BCUT2D eigenvalue weighted by Crippen LogP contribution is -2.51. The number of carbonyl (C=O) groups is 2. The summed E-state index contributed by atoms with van der Waals surface area (Å²) in [4.78, 5) is 30.5. The summed E-state index contributed by atoms with van der Waals surface area (Å²) in [6.07, 6.45) is 10.3. The first-order valence-electron chi connectivity index (χ1n) is 16.1. The molecule has 3 rings (SSSR count). The minimum Gasteiger partial charge on any atom is -0.444 e. The first kappa shape index (κ1) is 35.6. The highest BCUT2D eigenvalue weighted by Crippen LogP contribution is 2.27. The third-order valence-electron chi connectivity index (χ3n) is 8.21. The maximum atomic E-state index is 13.4. The van der Waals surface area contributed by atoms with Gasteiger partial charge in [-0.25, -0.2) is 4.79 Å². The topological polar surface area (TPSA) is 73.9 Å². The first-order chi connectivity index (χ1) is 20.5. The van der Waals surface area contributed by atoms with Crippen molar-refractivity contribution in [3.05, 3.63) is 48.2 Å². The molecule has 1 aliphatic carbocycles. The molecule has 1 aromatic carbocycles. The van der Waals surface area contributed by atoms with Crippen molar-refractivity contribution in [3.63, 3.8) is 0 Å². The van der Waals surface area contributed by atoms with Crippen LogP contribution in [-0.2, 0) is 16.1 Å². The number of nitrogens with one attached hydrogen (secondary N) is 2. The number of benzene rings is 1. The van der Waals surface area contributed by atoms with Gasteiger partial charge in [-0.15, -0.1) is 0 Å². The molecule has 1 saturated carbocycles. The Morgan fingerprint density at radius 2 is 1.77 bits per heavy atom. The van der Waals surface area contributed by atoms with E-state index in [0.717, 1.165) is 55.6 Å². The smallest absolute Gasteiger partial charge is 0.410 e. The normalized spacial score (nSPS) is 18.4. The predicted octanol–water partition coefficient (Wildman–Crippen LogP) is 6.54. The fourth-order valence-corrected chi connectivity index (χ4v) is 7.36. The van der Waals surface area contributed by atoms with Crippen LogP contribution >= 0.6 is 23.5 Å². The van der Waals surface area contributed by atoms with Crippen molar-refractivity contribution in [1.82, 2.24) is 20.4 Å². The maximum absolute atomic E-state index is 13.4. The molecule has 2 N–H and O–H groups in total. The van der Waals surface area contributed by atoms with Crippen molar-refractivity contribution in [2.24, 2.45) is 5.92 Å². The average molecular weight is 633 g/mol. The van der Waals surface area contributed by atoms with Crippen molar-refractivity contribution in [2.75, 3.05) is 43.9 Å². The molecule has 0 bridgehead atoms. The Hall–Kier alpha value is -1.84. The number of likely N-dealkylation sites (tertiary alicyclic amines) is 1. The molecule has 0 radical (unpaired) electrons. The van der Waals surface area contributed by atoms with Crippen LogP contribution in [0.2, 0.25) is 0 Å². The Labute approximate surface area is 269 Å². The van der Waals surface area contributed by atoms with Crippen LogP contribution in [0.25, 0.3) is 0 Å². The van der Waals surface area contributed by atoms with Crippen LogP contribution in [0, 0.1) is 5.92 Å². The SMILES string of the molecule is C=C(NC1CCN(Cc2ccccc2)CC1)C(CSCC1CCCCC1)NC(=O)CN(CC(C)SC)C(=O)OC(C)(C)C. The van der Waals surface area contributed by atoms with E-state index in [2.05, 4.69) is 59.4 Å². The zero-order valence-electron chi connectivity index (χ0n) is 27.2. The van der Waals surface area contributed by atoms with Crippen molar-refractivity contribution in [3.8, 4) is 0 Å². The number of nitrogens with zero attached hydrogens (tertiary/aromatic N) is 2. The molecule has 2 aliphatic rings. The highest BCUT2D eigenvalue weighted by atomic mass is 32.2. The van der Waals surface area contributed by atoms with Gasteiger partial charge in [-0.05, 0) is 69.9 Å². The number of piperidine rings is 1. The number of ether oxygens (including phenoxy) is 1. The van der Waals surface area contributed by atoms with Crippen LogP contribution in [0.4, 0.5) is 4.79 Å². The van der Waals surface area contributed by atoms with E-state index in [0.29, 0.717) is 12.6 Å². The van der Waals surface area contributed by atoms with Gasteiger partial charge in [-0.2, -0.15) is 23.5 Å². The predicted molar refractivity (Wildman–Crippen MR) is 184 cm³/mol. The monoisotopic (exact) mass is 632 g/mol. The van der Waals surface area contributed by atoms with Gasteiger partial charge in [0.05, 0.1) is 6.04 Å². The maximum Gasteiger partial charge on any atom is 0.410 e. The van der Waals surface area contributed by atoms with Gasteiger partial charge in [-0.3, -0.25) is 14.6 Å². The van der Waals surface area contributed by atoms with Crippen molar-refractivity contribution < 1.29 is 14.3 Å². The molecule has 1 aliphatic heterocycles. The molecule has 1 saturated heterocycles. The van der Waals surface area contributed by atoms with Crippen LogP contribution in [0.1, 0.15) is 78.2 Å². The molecule has 0 aromatic heterocycles. The minimum absolute atomic E-state index is 0.0330. The summed E-state index contributed by atoms with van der Waals surface area (Å²) in [6, 6.07) is 10.8. The lowest BCUT2D eigenvalue weighted by molar-refractivity contribution is -0.122. The number of rotatable bonds is 15. The average Bonchev–Trinajstić information content (AvgIpc) is 2.97. The van der Waals surface area contributed by atoms with Crippen LogP contribution in [0.5, 0.6) is 0 Å². The summed E-state index contributed by atoms with van der Waals surface area (Å²) in [5.74, 6) is 2.48. The summed E-state index contributed by atoms with van der Waals surface area (Å²) in [5.41, 5.74) is 1.59. The zero-order chi connectivity index (χ0) is 31.2. The van der Waals surface area contributed by atoms with Gasteiger partial charge in [0, 0.05) is 48.9 Å². The zero-order valence-corrected chi connectivity index (χ0v) is 28.9. The molecule has 0 spiro atoms. The minimum atomic E-state index is -0.623. The molecule has 1 heterocycles. The van der Waals surface area contributed by atoms with E-state index in [1.807, 2.05) is 38.8 Å². The van der Waals surface area contributed by atoms with Crippen LogP contribution in [0.15, 0.2) is 42.6 Å². The van der Waals surface area contributed by atoms with E-state index in [-0.39, 0.29) is 23.7 Å². The molecule has 2 atom stereocenters. The van der Waals surface area contributed by atoms with Gasteiger partial charge < -0.3 is 15.4 Å². The molecule has 7 nitrogen and oxygen atoms in total. The molecular weight excluding hydrogens is 577 g/mol. The Morgan fingerprint density at radius 3 is 2.40 bits per heavy atom. The van der Waals surface area contributed by atoms with E-state index < -0.39 is 11.7 Å². The Balaban J connectivity index is 1.58. The van der Waals surface area contributed by atoms with Gasteiger partial charge in [0.1, 0.15) is 12.1 Å². The third kappa shape index (κ3) is 13.8. The molecule has 1 aromatic rings. The summed E-state index contributed by atoms with van der Waals surface area (Å²) in [5, 5.41) is 7.11. The third-order valence-corrected chi connectivity index (χ3v) is 10.4. The van der Waals surface area contributed by atoms with E-state index >= 15 is 0 Å². The van der Waals surface area contributed by atoms with E-state index in [4.69, 9.17) is 4.74 Å². The second-order valence-corrected chi connectivity index (χ2v) is 15.6. The van der Waals surface area contributed by atoms with Gasteiger partial charge in [0.15, 0.2) is 0 Å². The number of hydrogen-bond donors (Lipinski definition) is 2. The van der Waals surface area contributed by atoms with Crippen LogP contribution < -0.4 is 10.6 Å². The summed E-state index contributed by atoms with van der Waals surface area (Å²) in [6.45, 7) is 15.5. The molecule has 43 heavy (non-hydrogen) atoms. The molecule has 2 fully saturated rings. The Bertz CT molecular complexity index is 989. The number of amides is 2. The van der Waals surface area contributed by atoms with E-state index in [1.54, 1.807) is 11.8 Å². The fraction of sp³-hybridized carbons (Fsp3) is 0.706. The molecular formula is C34H56N4O3S2. The van der Waals surface area contributed by atoms with Crippen LogP contribution in [0.3, 0.4) is 0 Å². The Kier molecular flexibility index (Phi) is 15.1. The number of hydrogen-bond acceptors (Lipinski definition) is 7. The quantitative estimate of drug-likeness (QED) is 0.227. The molecule has 242 valence electrons. The largest absolute Gasteiger partial charge is 0.444 e. The van der Waals surface area contributed by atoms with Gasteiger partial charge in [0.25, 0.3) is 0 Å². The van der Waals surface area contributed by atoms with Gasteiger partial charge >= 0.3 is 6.09 Å². The standard InChI is InChI=1S/C34H56N4O3S2/c1-26(42-6)21-38(33(40)41-34(3,4)5)23-32(39)36-31(25-43-24-29-15-11-8-12-16-29)27(2)35-30-17-19-37(20-18-30)22-28-13-9-7-10-14-28/h7,9-10,13-14,26,29-31,35H,2,8,11-12,15-25H2,1,3-6H3,(H,36,39). The van der Waals surface area contributed by atoms with Crippen molar-refractivity contribution >= 4 is 35.5 Å². The van der Waals surface area contributed by atoms with Crippen molar-refractivity contribution in [2.45, 2.75) is 102 Å². The highest BCUT2D eigenvalue weighted by molar-refractivity contribution is 7.99. The second kappa shape index (κ2) is 18.2. The summed E-state index contributed by atoms with van der Waals surface area (Å²) >= 11 is 3.58. The molecule has 2 amide bonds. The lowest BCUT2D eigenvalue weighted by atomic mass is 9.91. The van der Waals surface area contributed by atoms with Crippen LogP contribution in [-0.4, -0.2) is 88.7 Å². The molecule has 2 unspecified atom stereocenters. The van der Waals surface area contributed by atoms with Gasteiger partial charge in [-0.1, -0.05) is 63.1 Å². The highest BCUT2D eigenvalue weighted by Gasteiger charge is 2.28. The number of carbonyl (C=O) groups excluding carboxylic acids is 2. The van der Waals surface area contributed by atoms with Crippen molar-refractivity contribution in [1.29, 1.82) is 0 Å². The number of thioether (sulfide) groups is 2. The molecule has 9 heteroatoms. The summed E-state index contributed by atoms with van der Waals surface area (Å²) in [7, 11) is 0. The lowest BCUT2D eigenvalue weighted by Gasteiger charge is -2.35. The van der Waals surface area contributed by atoms with E-state index in [1.165, 1.54) is 42.6 Å². The Morgan fingerprint density at radius 1 is 1.09 bits per heavy atom. The fourth-order valence-electron chi connectivity index (χ4n) is 5.70. The second-order valence-electron chi connectivity index (χ2n) is 13.3.